The Labute approximate surface area is 150 Å². The summed E-state index contributed by atoms with van der Waals surface area (Å²) in [4.78, 5) is 11.8. The zero-order valence-electron chi connectivity index (χ0n) is 14.0. The molecule has 1 aromatic heterocycles. The molecule has 1 atom stereocenters. The minimum atomic E-state index is -0.559. The van der Waals surface area contributed by atoms with Gasteiger partial charge < -0.3 is 14.5 Å². The molecule has 0 aliphatic rings. The van der Waals surface area contributed by atoms with E-state index in [4.69, 9.17) is 20.8 Å². The van der Waals surface area contributed by atoms with Crippen molar-refractivity contribution in [3.8, 4) is 0 Å². The first kappa shape index (κ1) is 18.6. The third kappa shape index (κ3) is 6.05. The van der Waals surface area contributed by atoms with Crippen LogP contribution in [-0.2, 0) is 10.5 Å². The van der Waals surface area contributed by atoms with E-state index in [9.17, 15) is 4.79 Å². The number of nitrogens with one attached hydrogen (secondary N) is 1. The van der Waals surface area contributed by atoms with Crippen LogP contribution in [-0.4, -0.2) is 21.9 Å². The van der Waals surface area contributed by atoms with Crippen LogP contribution < -0.4 is 5.32 Å². The van der Waals surface area contributed by atoms with Gasteiger partial charge in [0.15, 0.2) is 0 Å². The van der Waals surface area contributed by atoms with E-state index in [-0.39, 0.29) is 0 Å². The molecule has 2 rings (SSSR count). The van der Waals surface area contributed by atoms with Crippen LogP contribution in [0.15, 0.2) is 33.9 Å². The molecular formula is C16H20ClN3O3S. The monoisotopic (exact) mass is 369 g/mol. The Balaban J connectivity index is 1.89. The van der Waals surface area contributed by atoms with Gasteiger partial charge in [-0.05, 0) is 45.4 Å². The molecule has 8 heteroatoms. The summed E-state index contributed by atoms with van der Waals surface area (Å²) in [6.45, 7) is 7.15. The van der Waals surface area contributed by atoms with E-state index in [2.05, 4.69) is 15.5 Å². The molecule has 6 nitrogen and oxygen atoms in total. The van der Waals surface area contributed by atoms with Crippen molar-refractivity contribution in [1.82, 2.24) is 15.5 Å². The molecule has 0 saturated carbocycles. The summed E-state index contributed by atoms with van der Waals surface area (Å²) >= 11 is 7.36. The normalized spacial score (nSPS) is 12.7. The number of aromatic nitrogens is 2. The number of alkyl carbamates (subject to hydrolysis) is 1. The van der Waals surface area contributed by atoms with Gasteiger partial charge in [-0.1, -0.05) is 35.5 Å². The lowest BCUT2D eigenvalue weighted by Crippen LogP contribution is -2.34. The number of nitrogens with zero attached hydrogens (tertiary/aromatic N) is 2. The number of hydrogen-bond acceptors (Lipinski definition) is 6. The van der Waals surface area contributed by atoms with Crippen LogP contribution in [0.4, 0.5) is 4.79 Å². The van der Waals surface area contributed by atoms with Gasteiger partial charge in [-0.3, -0.25) is 0 Å². The van der Waals surface area contributed by atoms with Crippen molar-refractivity contribution in [2.45, 2.75) is 50.3 Å². The van der Waals surface area contributed by atoms with E-state index in [1.54, 1.807) is 27.7 Å². The molecule has 0 aliphatic carbocycles. The van der Waals surface area contributed by atoms with Crippen LogP contribution in [0.25, 0.3) is 0 Å². The summed E-state index contributed by atoms with van der Waals surface area (Å²) < 4.78 is 10.8. The van der Waals surface area contributed by atoms with E-state index in [1.165, 1.54) is 11.8 Å². The quantitative estimate of drug-likeness (QED) is 0.776. The number of benzene rings is 1. The van der Waals surface area contributed by atoms with Gasteiger partial charge in [0, 0.05) is 10.8 Å². The zero-order chi connectivity index (χ0) is 17.7. The molecule has 0 bridgehead atoms. The maximum atomic E-state index is 11.8. The van der Waals surface area contributed by atoms with Crippen molar-refractivity contribution in [1.29, 1.82) is 0 Å². The number of rotatable bonds is 5. The minimum absolute atomic E-state index is 0.328. The molecule has 0 spiro atoms. The summed E-state index contributed by atoms with van der Waals surface area (Å²) in [5, 5.41) is 11.7. The van der Waals surface area contributed by atoms with Gasteiger partial charge in [-0.25, -0.2) is 4.79 Å². The highest BCUT2D eigenvalue weighted by molar-refractivity contribution is 7.98. The first-order valence-corrected chi connectivity index (χ1v) is 8.79. The Kier molecular flexibility index (Phi) is 6.12. The smallest absolute Gasteiger partial charge is 0.408 e. The molecular weight excluding hydrogens is 350 g/mol. The van der Waals surface area contributed by atoms with Crippen molar-refractivity contribution in [3.05, 3.63) is 40.7 Å². The van der Waals surface area contributed by atoms with Crippen molar-refractivity contribution in [3.63, 3.8) is 0 Å². The Morgan fingerprint density at radius 1 is 1.42 bits per heavy atom. The summed E-state index contributed by atoms with van der Waals surface area (Å²) in [6.07, 6.45) is -0.527. The standard InChI is InChI=1S/C16H20ClN3O3S/c1-10(18-14(21)23-16(2,3)4)13-19-20-15(22-13)24-9-11-6-5-7-12(17)8-11/h5-8,10H,9H2,1-4H3,(H,18,21)/t10-/m1/s1. The lowest BCUT2D eigenvalue weighted by molar-refractivity contribution is 0.0500. The van der Waals surface area contributed by atoms with Gasteiger partial charge in [0.2, 0.25) is 5.89 Å². The molecule has 1 heterocycles. The van der Waals surface area contributed by atoms with Crippen molar-refractivity contribution < 1.29 is 13.9 Å². The highest BCUT2D eigenvalue weighted by Crippen LogP contribution is 2.24. The first-order valence-electron chi connectivity index (χ1n) is 7.43. The van der Waals surface area contributed by atoms with Crippen molar-refractivity contribution in [2.24, 2.45) is 0 Å². The van der Waals surface area contributed by atoms with Gasteiger partial charge in [-0.15, -0.1) is 10.2 Å². The second kappa shape index (κ2) is 7.90. The summed E-state index contributed by atoms with van der Waals surface area (Å²) in [7, 11) is 0. The maximum absolute atomic E-state index is 11.8. The molecule has 2 aromatic rings. The summed E-state index contributed by atoms with van der Waals surface area (Å²) in [5.41, 5.74) is 0.503. The number of carbonyl (C=O) groups is 1. The molecule has 0 unspecified atom stereocenters. The van der Waals surface area contributed by atoms with Crippen LogP contribution in [0.2, 0.25) is 5.02 Å². The van der Waals surface area contributed by atoms with Crippen LogP contribution in [0.1, 0.15) is 45.2 Å². The molecule has 1 N–H and O–H groups in total. The number of thioether (sulfide) groups is 1. The lowest BCUT2D eigenvalue weighted by Gasteiger charge is -2.20. The second-order valence-corrected chi connectivity index (χ2v) is 7.56. The number of carbonyl (C=O) groups excluding carboxylic acids is 1. The van der Waals surface area contributed by atoms with Gasteiger partial charge in [-0.2, -0.15) is 0 Å². The van der Waals surface area contributed by atoms with Gasteiger partial charge >= 0.3 is 6.09 Å². The number of halogens is 1. The fourth-order valence-electron chi connectivity index (χ4n) is 1.77. The number of amides is 1. The maximum Gasteiger partial charge on any atom is 0.408 e. The fraction of sp³-hybridized carbons (Fsp3) is 0.438. The number of hydrogen-bond donors (Lipinski definition) is 1. The molecule has 24 heavy (non-hydrogen) atoms. The third-order valence-corrected chi connectivity index (χ3v) is 3.90. The predicted octanol–water partition coefficient (Wildman–Crippen LogP) is 4.60. The van der Waals surface area contributed by atoms with E-state index >= 15 is 0 Å². The van der Waals surface area contributed by atoms with E-state index in [0.717, 1.165) is 5.56 Å². The van der Waals surface area contributed by atoms with Crippen LogP contribution in [0.5, 0.6) is 0 Å². The summed E-state index contributed by atoms with van der Waals surface area (Å²) in [5.74, 6) is 0.991. The molecule has 130 valence electrons. The Morgan fingerprint density at radius 2 is 2.17 bits per heavy atom. The van der Waals surface area contributed by atoms with Crippen LogP contribution in [0, 0.1) is 0 Å². The molecule has 1 aromatic carbocycles. The Hall–Kier alpha value is -1.73. The molecule has 0 saturated heterocycles. The Bertz CT molecular complexity index is 700. The average molecular weight is 370 g/mol. The lowest BCUT2D eigenvalue weighted by atomic mass is 10.2. The Morgan fingerprint density at radius 3 is 2.83 bits per heavy atom. The van der Waals surface area contributed by atoms with Crippen LogP contribution in [0.3, 0.4) is 0 Å². The number of ether oxygens (including phenoxy) is 1. The fourth-order valence-corrected chi connectivity index (χ4v) is 2.70. The van der Waals surface area contributed by atoms with E-state index < -0.39 is 17.7 Å². The third-order valence-electron chi connectivity index (χ3n) is 2.78. The zero-order valence-corrected chi connectivity index (χ0v) is 15.6. The molecule has 0 radical (unpaired) electrons. The topological polar surface area (TPSA) is 77.2 Å². The van der Waals surface area contributed by atoms with E-state index in [1.807, 2.05) is 24.3 Å². The van der Waals surface area contributed by atoms with Crippen molar-refractivity contribution in [2.75, 3.05) is 0 Å². The summed E-state index contributed by atoms with van der Waals surface area (Å²) in [6, 6.07) is 7.14. The second-order valence-electron chi connectivity index (χ2n) is 6.19. The highest BCUT2D eigenvalue weighted by Gasteiger charge is 2.21. The average Bonchev–Trinajstić information content (AvgIpc) is 2.92. The highest BCUT2D eigenvalue weighted by atomic mass is 35.5. The largest absolute Gasteiger partial charge is 0.444 e. The van der Waals surface area contributed by atoms with Gasteiger partial charge in [0.1, 0.15) is 11.6 Å². The van der Waals surface area contributed by atoms with Crippen LogP contribution >= 0.6 is 23.4 Å². The van der Waals surface area contributed by atoms with Gasteiger partial charge in [0.25, 0.3) is 5.22 Å². The predicted molar refractivity (Wildman–Crippen MR) is 93.1 cm³/mol. The molecule has 0 fully saturated rings. The van der Waals surface area contributed by atoms with Gasteiger partial charge in [0.05, 0.1) is 0 Å². The first-order chi connectivity index (χ1) is 11.2. The van der Waals surface area contributed by atoms with Crippen molar-refractivity contribution >= 4 is 29.5 Å². The molecule has 1 amide bonds. The minimum Gasteiger partial charge on any atom is -0.444 e. The van der Waals surface area contributed by atoms with E-state index in [0.29, 0.717) is 21.9 Å². The molecule has 0 aliphatic heterocycles. The SMILES string of the molecule is C[C@@H](NC(=O)OC(C)(C)C)c1nnc(SCc2cccc(Cl)c2)o1.